The van der Waals surface area contributed by atoms with Gasteiger partial charge in [-0.25, -0.2) is 0 Å². The second kappa shape index (κ2) is 6.56. The predicted octanol–water partition coefficient (Wildman–Crippen LogP) is 2.03. The summed E-state index contributed by atoms with van der Waals surface area (Å²) in [5.41, 5.74) is 1.47. The molecule has 2 aromatic rings. The smallest absolute Gasteiger partial charge is 0.253 e. The molecule has 1 aromatic carbocycles. The van der Waals surface area contributed by atoms with Crippen LogP contribution in [0.4, 0.5) is 0 Å². The highest BCUT2D eigenvalue weighted by molar-refractivity contribution is 5.94. The Bertz CT molecular complexity index is 582. The quantitative estimate of drug-likeness (QED) is 0.904. The fourth-order valence-corrected chi connectivity index (χ4v) is 1.68. The van der Waals surface area contributed by atoms with Gasteiger partial charge in [-0.15, -0.1) is 0 Å². The molecule has 0 spiro atoms. The fourth-order valence-electron chi connectivity index (χ4n) is 1.68. The van der Waals surface area contributed by atoms with Gasteiger partial charge in [0.2, 0.25) is 0 Å². The molecule has 5 heteroatoms. The van der Waals surface area contributed by atoms with Crippen molar-refractivity contribution >= 4 is 5.91 Å². The molecule has 5 nitrogen and oxygen atoms in total. The summed E-state index contributed by atoms with van der Waals surface area (Å²) in [6.07, 6.45) is 3.06. The Kier molecular flexibility index (Phi) is 4.55. The monoisotopic (exact) mass is 272 g/mol. The van der Waals surface area contributed by atoms with E-state index >= 15 is 0 Å². The number of nitrogens with one attached hydrogen (secondary N) is 1. The highest BCUT2D eigenvalue weighted by atomic mass is 16.5. The van der Waals surface area contributed by atoms with E-state index in [9.17, 15) is 4.79 Å². The first-order valence-corrected chi connectivity index (χ1v) is 6.13. The van der Waals surface area contributed by atoms with Crippen molar-refractivity contribution in [1.29, 1.82) is 0 Å². The number of carbonyl (C=O) groups is 1. The maximum Gasteiger partial charge on any atom is 0.253 e. The van der Waals surface area contributed by atoms with Crippen LogP contribution in [-0.4, -0.2) is 25.1 Å². The van der Waals surface area contributed by atoms with Crippen molar-refractivity contribution in [1.82, 2.24) is 10.3 Å². The zero-order chi connectivity index (χ0) is 14.4. The zero-order valence-corrected chi connectivity index (χ0v) is 11.4. The van der Waals surface area contributed by atoms with E-state index in [0.717, 1.165) is 11.3 Å². The van der Waals surface area contributed by atoms with Crippen LogP contribution in [0, 0.1) is 0 Å². The molecule has 0 fully saturated rings. The maximum atomic E-state index is 12.0. The van der Waals surface area contributed by atoms with Crippen LogP contribution in [0.25, 0.3) is 0 Å². The molecule has 0 aliphatic heterocycles. The molecule has 0 atom stereocenters. The van der Waals surface area contributed by atoms with Gasteiger partial charge in [0.15, 0.2) is 0 Å². The van der Waals surface area contributed by atoms with E-state index in [4.69, 9.17) is 9.47 Å². The van der Waals surface area contributed by atoms with Crippen LogP contribution in [0.15, 0.2) is 42.7 Å². The molecule has 0 bridgehead atoms. The summed E-state index contributed by atoms with van der Waals surface area (Å²) in [5.74, 6) is 1.16. The maximum absolute atomic E-state index is 12.0. The SMILES string of the molecule is COc1ccc(CNC(=O)c2cncc(OC)c2)cc1. The third-order valence-corrected chi connectivity index (χ3v) is 2.82. The van der Waals surface area contributed by atoms with Gasteiger partial charge in [0.1, 0.15) is 11.5 Å². The van der Waals surface area contributed by atoms with Crippen LogP contribution in [0.3, 0.4) is 0 Å². The number of hydrogen-bond donors (Lipinski definition) is 1. The Morgan fingerprint density at radius 2 is 1.80 bits per heavy atom. The molecular weight excluding hydrogens is 256 g/mol. The molecule has 0 unspecified atom stereocenters. The molecule has 1 aromatic heterocycles. The van der Waals surface area contributed by atoms with Crippen molar-refractivity contribution in [3.05, 3.63) is 53.9 Å². The minimum atomic E-state index is -0.188. The lowest BCUT2D eigenvalue weighted by molar-refractivity contribution is 0.0950. The third-order valence-electron chi connectivity index (χ3n) is 2.82. The number of hydrogen-bond acceptors (Lipinski definition) is 4. The number of methoxy groups -OCH3 is 2. The standard InChI is InChI=1S/C15H16N2O3/c1-19-13-5-3-11(4-6-13)8-17-15(18)12-7-14(20-2)10-16-9-12/h3-7,9-10H,8H2,1-2H3,(H,17,18). The van der Waals surface area contributed by atoms with Crippen molar-refractivity contribution in [2.24, 2.45) is 0 Å². The first-order valence-electron chi connectivity index (χ1n) is 6.13. The molecule has 20 heavy (non-hydrogen) atoms. The van der Waals surface area contributed by atoms with Gasteiger partial charge in [-0.3, -0.25) is 9.78 Å². The molecular formula is C15H16N2O3. The van der Waals surface area contributed by atoms with Crippen LogP contribution in [0.1, 0.15) is 15.9 Å². The van der Waals surface area contributed by atoms with Crippen LogP contribution < -0.4 is 14.8 Å². The van der Waals surface area contributed by atoms with E-state index in [1.54, 1.807) is 19.4 Å². The minimum absolute atomic E-state index is 0.188. The van der Waals surface area contributed by atoms with Gasteiger partial charge < -0.3 is 14.8 Å². The minimum Gasteiger partial charge on any atom is -0.497 e. The molecule has 2 rings (SSSR count). The van der Waals surface area contributed by atoms with Gasteiger partial charge in [-0.05, 0) is 23.8 Å². The second-order valence-electron chi connectivity index (χ2n) is 4.14. The van der Waals surface area contributed by atoms with E-state index in [0.29, 0.717) is 17.9 Å². The highest BCUT2D eigenvalue weighted by Gasteiger charge is 2.07. The summed E-state index contributed by atoms with van der Waals surface area (Å²) in [5, 5.41) is 2.83. The van der Waals surface area contributed by atoms with Gasteiger partial charge in [0.05, 0.1) is 26.0 Å². The van der Waals surface area contributed by atoms with Crippen molar-refractivity contribution in [3.63, 3.8) is 0 Å². The fraction of sp³-hybridized carbons (Fsp3) is 0.200. The Balaban J connectivity index is 1.97. The topological polar surface area (TPSA) is 60.5 Å². The average Bonchev–Trinajstić information content (AvgIpc) is 2.53. The molecule has 104 valence electrons. The zero-order valence-electron chi connectivity index (χ0n) is 11.4. The lowest BCUT2D eigenvalue weighted by Crippen LogP contribution is -2.22. The Morgan fingerprint density at radius 1 is 1.10 bits per heavy atom. The number of rotatable bonds is 5. The number of benzene rings is 1. The third kappa shape index (κ3) is 3.47. The molecule has 0 aliphatic carbocycles. The van der Waals surface area contributed by atoms with Crippen molar-refractivity contribution < 1.29 is 14.3 Å². The van der Waals surface area contributed by atoms with Gasteiger partial charge >= 0.3 is 0 Å². The summed E-state index contributed by atoms with van der Waals surface area (Å²) >= 11 is 0. The van der Waals surface area contributed by atoms with Gasteiger partial charge in [-0.1, -0.05) is 12.1 Å². The summed E-state index contributed by atoms with van der Waals surface area (Å²) < 4.78 is 10.1. The number of nitrogens with zero attached hydrogens (tertiary/aromatic N) is 1. The second-order valence-corrected chi connectivity index (χ2v) is 4.14. The Labute approximate surface area is 117 Å². The van der Waals surface area contributed by atoms with Crippen LogP contribution in [0.2, 0.25) is 0 Å². The average molecular weight is 272 g/mol. The summed E-state index contributed by atoms with van der Waals surface area (Å²) in [4.78, 5) is 15.9. The molecule has 0 saturated heterocycles. The van der Waals surface area contributed by atoms with E-state index in [-0.39, 0.29) is 5.91 Å². The first-order chi connectivity index (χ1) is 9.72. The molecule has 1 amide bonds. The Hall–Kier alpha value is -2.56. The van der Waals surface area contributed by atoms with Crippen molar-refractivity contribution in [2.45, 2.75) is 6.54 Å². The Morgan fingerprint density at radius 3 is 2.45 bits per heavy atom. The van der Waals surface area contributed by atoms with Crippen molar-refractivity contribution in [2.75, 3.05) is 14.2 Å². The molecule has 0 saturated carbocycles. The lowest BCUT2D eigenvalue weighted by Gasteiger charge is -2.07. The molecule has 0 aliphatic rings. The molecule has 1 N–H and O–H groups in total. The largest absolute Gasteiger partial charge is 0.497 e. The predicted molar refractivity (Wildman–Crippen MR) is 75.0 cm³/mol. The number of ether oxygens (including phenoxy) is 2. The normalized spacial score (nSPS) is 9.90. The number of aromatic nitrogens is 1. The van der Waals surface area contributed by atoms with Gasteiger partial charge in [0.25, 0.3) is 5.91 Å². The summed E-state index contributed by atoms with van der Waals surface area (Å²) in [6, 6.07) is 9.17. The number of amides is 1. The van der Waals surface area contributed by atoms with E-state index in [2.05, 4.69) is 10.3 Å². The van der Waals surface area contributed by atoms with Crippen molar-refractivity contribution in [3.8, 4) is 11.5 Å². The van der Waals surface area contributed by atoms with E-state index in [1.807, 2.05) is 24.3 Å². The van der Waals surface area contributed by atoms with E-state index in [1.165, 1.54) is 13.3 Å². The number of carbonyl (C=O) groups excluding carboxylic acids is 1. The summed E-state index contributed by atoms with van der Waals surface area (Å²) in [6.45, 7) is 0.444. The van der Waals surface area contributed by atoms with Crippen LogP contribution in [-0.2, 0) is 6.54 Å². The summed E-state index contributed by atoms with van der Waals surface area (Å²) in [7, 11) is 3.16. The van der Waals surface area contributed by atoms with Crippen LogP contribution >= 0.6 is 0 Å². The van der Waals surface area contributed by atoms with Gasteiger partial charge in [0, 0.05) is 12.7 Å². The molecule has 1 heterocycles. The highest BCUT2D eigenvalue weighted by Crippen LogP contribution is 2.12. The number of pyridine rings is 1. The lowest BCUT2D eigenvalue weighted by atomic mass is 10.2. The van der Waals surface area contributed by atoms with Crippen LogP contribution in [0.5, 0.6) is 11.5 Å². The molecule has 0 radical (unpaired) electrons. The van der Waals surface area contributed by atoms with Gasteiger partial charge in [-0.2, -0.15) is 0 Å². The van der Waals surface area contributed by atoms with E-state index < -0.39 is 0 Å². The first kappa shape index (κ1) is 13.9.